The molecule has 1 N–H and O–H groups in total. The first-order valence-electron chi connectivity index (χ1n) is 8.22. The second kappa shape index (κ2) is 7.04. The molecule has 0 bridgehead atoms. The molecule has 0 amide bonds. The fourth-order valence-corrected chi connectivity index (χ4v) is 5.64. The van der Waals surface area contributed by atoms with Crippen molar-refractivity contribution in [2.24, 2.45) is 0 Å². The Bertz CT molecular complexity index is 367. The lowest BCUT2D eigenvalue weighted by molar-refractivity contribution is -0.178. The van der Waals surface area contributed by atoms with Crippen molar-refractivity contribution < 1.29 is 18.4 Å². The van der Waals surface area contributed by atoms with Gasteiger partial charge in [-0.3, -0.25) is 4.21 Å². The Labute approximate surface area is 129 Å². The van der Waals surface area contributed by atoms with Gasteiger partial charge in [-0.15, -0.1) is 0 Å². The molecular weight excluding hydrogens is 290 g/mol. The molecule has 122 valence electrons. The average molecular weight is 317 g/mol. The zero-order valence-electron chi connectivity index (χ0n) is 12.8. The van der Waals surface area contributed by atoms with Gasteiger partial charge in [0, 0.05) is 36.3 Å². The second-order valence-corrected chi connectivity index (χ2v) is 7.94. The lowest BCUT2D eigenvalue weighted by Gasteiger charge is -2.41. The summed E-state index contributed by atoms with van der Waals surface area (Å²) < 4.78 is 30.2. The van der Waals surface area contributed by atoms with Gasteiger partial charge in [0.15, 0.2) is 5.79 Å². The molecular formula is C15H27NO4S. The van der Waals surface area contributed by atoms with Crippen molar-refractivity contribution in [3.63, 3.8) is 0 Å². The fourth-order valence-electron chi connectivity index (χ4n) is 3.73. The number of ether oxygens (including phenoxy) is 3. The molecule has 3 rings (SSSR count). The summed E-state index contributed by atoms with van der Waals surface area (Å²) in [5.41, 5.74) is 0. The topological polar surface area (TPSA) is 56.8 Å². The van der Waals surface area contributed by atoms with Crippen LogP contribution in [-0.4, -0.2) is 59.5 Å². The van der Waals surface area contributed by atoms with E-state index in [4.69, 9.17) is 14.2 Å². The molecule has 1 saturated carbocycles. The van der Waals surface area contributed by atoms with Crippen molar-refractivity contribution in [1.29, 1.82) is 0 Å². The molecule has 3 aliphatic rings. The SMILES string of the molecule is CCNC1CCC2(CC1S(=O)CC1CCCO1)OCCO2. The van der Waals surface area contributed by atoms with E-state index >= 15 is 0 Å². The van der Waals surface area contributed by atoms with Gasteiger partial charge in [-0.05, 0) is 25.8 Å². The van der Waals surface area contributed by atoms with Crippen molar-refractivity contribution in [3.05, 3.63) is 0 Å². The maximum absolute atomic E-state index is 12.9. The van der Waals surface area contributed by atoms with E-state index in [1.165, 1.54) is 0 Å². The van der Waals surface area contributed by atoms with E-state index in [1.54, 1.807) is 0 Å². The standard InChI is InChI=1S/C15H27NO4S/c1-2-16-13-5-6-15(19-8-9-20-15)10-14(13)21(17)11-12-4-3-7-18-12/h12-14,16H,2-11H2,1H3. The predicted molar refractivity (Wildman–Crippen MR) is 81.7 cm³/mol. The zero-order valence-corrected chi connectivity index (χ0v) is 13.7. The average Bonchev–Trinajstić information content (AvgIpc) is 3.14. The number of rotatable bonds is 5. The van der Waals surface area contributed by atoms with Gasteiger partial charge >= 0.3 is 0 Å². The van der Waals surface area contributed by atoms with Gasteiger partial charge in [-0.25, -0.2) is 0 Å². The molecule has 4 unspecified atom stereocenters. The molecule has 1 spiro atoms. The molecule has 0 radical (unpaired) electrons. The van der Waals surface area contributed by atoms with Crippen LogP contribution >= 0.6 is 0 Å². The number of nitrogens with one attached hydrogen (secondary N) is 1. The molecule has 3 fully saturated rings. The van der Waals surface area contributed by atoms with Crippen LogP contribution in [0.2, 0.25) is 0 Å². The van der Waals surface area contributed by atoms with E-state index in [0.717, 1.165) is 45.3 Å². The smallest absolute Gasteiger partial charge is 0.169 e. The van der Waals surface area contributed by atoms with Gasteiger partial charge < -0.3 is 19.5 Å². The van der Waals surface area contributed by atoms with Crippen LogP contribution in [0.15, 0.2) is 0 Å². The monoisotopic (exact) mass is 317 g/mol. The first kappa shape index (κ1) is 15.9. The highest BCUT2D eigenvalue weighted by atomic mass is 32.2. The molecule has 2 heterocycles. The van der Waals surface area contributed by atoms with Gasteiger partial charge in [0.05, 0.1) is 30.3 Å². The molecule has 2 aliphatic heterocycles. The summed E-state index contributed by atoms with van der Waals surface area (Å²) in [6.45, 7) is 5.16. The maximum atomic E-state index is 12.9. The minimum atomic E-state index is -0.897. The van der Waals surface area contributed by atoms with Crippen LogP contribution in [0.1, 0.15) is 39.0 Å². The molecule has 0 aromatic carbocycles. The van der Waals surface area contributed by atoms with E-state index in [-0.39, 0.29) is 11.4 Å². The van der Waals surface area contributed by atoms with E-state index in [2.05, 4.69) is 12.2 Å². The van der Waals surface area contributed by atoms with E-state index in [0.29, 0.717) is 25.0 Å². The third kappa shape index (κ3) is 3.67. The lowest BCUT2D eigenvalue weighted by atomic mass is 9.89. The molecule has 4 atom stereocenters. The van der Waals surface area contributed by atoms with Gasteiger partial charge in [-0.2, -0.15) is 0 Å². The Morgan fingerprint density at radius 3 is 2.71 bits per heavy atom. The molecule has 5 nitrogen and oxygen atoms in total. The Balaban J connectivity index is 1.65. The summed E-state index contributed by atoms with van der Waals surface area (Å²) in [4.78, 5) is 0. The third-order valence-corrected chi connectivity index (χ3v) is 6.66. The van der Waals surface area contributed by atoms with Gasteiger partial charge in [0.1, 0.15) is 0 Å². The highest BCUT2D eigenvalue weighted by Crippen LogP contribution is 2.38. The minimum Gasteiger partial charge on any atom is -0.377 e. The van der Waals surface area contributed by atoms with Gasteiger partial charge in [0.2, 0.25) is 0 Å². The van der Waals surface area contributed by atoms with E-state index in [1.807, 2.05) is 0 Å². The van der Waals surface area contributed by atoms with Crippen molar-refractivity contribution in [3.8, 4) is 0 Å². The largest absolute Gasteiger partial charge is 0.377 e. The zero-order chi connectivity index (χ0) is 14.7. The lowest BCUT2D eigenvalue weighted by Crippen LogP contribution is -2.53. The van der Waals surface area contributed by atoms with Crippen molar-refractivity contribution in [2.75, 3.05) is 32.1 Å². The summed E-state index contributed by atoms with van der Waals surface area (Å²) in [6.07, 6.45) is 4.93. The Morgan fingerprint density at radius 1 is 1.24 bits per heavy atom. The maximum Gasteiger partial charge on any atom is 0.169 e. The molecule has 6 heteroatoms. The van der Waals surface area contributed by atoms with E-state index < -0.39 is 16.6 Å². The van der Waals surface area contributed by atoms with Crippen LogP contribution in [0.25, 0.3) is 0 Å². The van der Waals surface area contributed by atoms with Gasteiger partial charge in [-0.1, -0.05) is 6.92 Å². The quantitative estimate of drug-likeness (QED) is 0.825. The first-order valence-corrected chi connectivity index (χ1v) is 9.61. The number of hydrogen-bond donors (Lipinski definition) is 1. The van der Waals surface area contributed by atoms with Gasteiger partial charge in [0.25, 0.3) is 0 Å². The van der Waals surface area contributed by atoms with Crippen LogP contribution in [0.3, 0.4) is 0 Å². The summed E-state index contributed by atoms with van der Waals surface area (Å²) in [7, 11) is -0.897. The van der Waals surface area contributed by atoms with Crippen LogP contribution in [0.5, 0.6) is 0 Å². The van der Waals surface area contributed by atoms with Crippen molar-refractivity contribution in [1.82, 2.24) is 5.32 Å². The molecule has 0 aromatic rings. The van der Waals surface area contributed by atoms with Crippen molar-refractivity contribution >= 4 is 10.8 Å². The van der Waals surface area contributed by atoms with Crippen LogP contribution in [-0.2, 0) is 25.0 Å². The molecule has 0 aromatic heterocycles. The number of hydrogen-bond acceptors (Lipinski definition) is 5. The summed E-state index contributed by atoms with van der Waals surface area (Å²) in [6, 6.07) is 0.302. The molecule has 2 saturated heterocycles. The summed E-state index contributed by atoms with van der Waals surface area (Å²) in [5.74, 6) is 0.186. The summed E-state index contributed by atoms with van der Waals surface area (Å²) >= 11 is 0. The Kier molecular flexibility index (Phi) is 5.32. The van der Waals surface area contributed by atoms with E-state index in [9.17, 15) is 4.21 Å². The van der Waals surface area contributed by atoms with Crippen LogP contribution < -0.4 is 5.32 Å². The predicted octanol–water partition coefficient (Wildman–Crippen LogP) is 1.19. The summed E-state index contributed by atoms with van der Waals surface area (Å²) in [5, 5.41) is 3.60. The Hall–Kier alpha value is -0.0100. The Morgan fingerprint density at radius 2 is 2.05 bits per heavy atom. The van der Waals surface area contributed by atoms with Crippen molar-refractivity contribution in [2.45, 2.75) is 62.2 Å². The normalized spacial score (nSPS) is 37.1. The highest BCUT2D eigenvalue weighted by Gasteiger charge is 2.47. The third-order valence-electron chi connectivity index (χ3n) is 4.79. The first-order chi connectivity index (χ1) is 10.2. The second-order valence-electron chi connectivity index (χ2n) is 6.24. The fraction of sp³-hybridized carbons (Fsp3) is 1.00. The molecule has 1 aliphatic carbocycles. The minimum absolute atomic E-state index is 0.0981. The highest BCUT2D eigenvalue weighted by molar-refractivity contribution is 7.85. The van der Waals surface area contributed by atoms with Crippen LogP contribution in [0, 0.1) is 0 Å². The molecule has 21 heavy (non-hydrogen) atoms. The van der Waals surface area contributed by atoms with Crippen LogP contribution in [0.4, 0.5) is 0 Å².